The predicted octanol–water partition coefficient (Wildman–Crippen LogP) is 2.01. The van der Waals surface area contributed by atoms with Crippen LogP contribution < -0.4 is 5.73 Å². The Morgan fingerprint density at radius 1 is 1.33 bits per heavy atom. The van der Waals surface area contributed by atoms with Crippen molar-refractivity contribution in [1.29, 1.82) is 0 Å². The van der Waals surface area contributed by atoms with Crippen molar-refractivity contribution in [1.82, 2.24) is 0 Å². The van der Waals surface area contributed by atoms with Gasteiger partial charge in [0.15, 0.2) is 0 Å². The van der Waals surface area contributed by atoms with E-state index in [1.807, 2.05) is 0 Å². The average molecular weight is 212 g/mol. The fourth-order valence-electron chi connectivity index (χ4n) is 1.43. The van der Waals surface area contributed by atoms with Gasteiger partial charge in [-0.25, -0.2) is 13.8 Å². The summed E-state index contributed by atoms with van der Waals surface area (Å²) in [6.07, 6.45) is -2.44. The summed E-state index contributed by atoms with van der Waals surface area (Å²) in [7, 11) is 0. The van der Waals surface area contributed by atoms with Crippen LogP contribution in [0.5, 0.6) is 0 Å². The van der Waals surface area contributed by atoms with Crippen molar-refractivity contribution in [3.63, 3.8) is 0 Å². The van der Waals surface area contributed by atoms with Gasteiger partial charge in [-0.15, -0.1) is 0 Å². The molecule has 1 aliphatic heterocycles. The zero-order valence-corrected chi connectivity index (χ0v) is 7.86. The van der Waals surface area contributed by atoms with Gasteiger partial charge in [0.1, 0.15) is 12.6 Å². The number of aliphatic imine (C=N–C) groups is 1. The molecule has 1 aromatic rings. The van der Waals surface area contributed by atoms with Crippen molar-refractivity contribution in [2.24, 2.45) is 10.7 Å². The molecule has 0 bridgehead atoms. The minimum atomic E-state index is -2.44. The highest BCUT2D eigenvalue weighted by molar-refractivity contribution is 5.73. The van der Waals surface area contributed by atoms with Crippen LogP contribution >= 0.6 is 0 Å². The summed E-state index contributed by atoms with van der Waals surface area (Å²) in [5.74, 6) is 0. The number of halogens is 2. The van der Waals surface area contributed by atoms with Crippen molar-refractivity contribution >= 4 is 6.02 Å². The van der Waals surface area contributed by atoms with Gasteiger partial charge in [-0.2, -0.15) is 0 Å². The molecule has 2 rings (SSSR count). The number of alkyl halides is 2. The van der Waals surface area contributed by atoms with Gasteiger partial charge >= 0.3 is 0 Å². The van der Waals surface area contributed by atoms with Crippen LogP contribution in [-0.4, -0.2) is 12.6 Å². The molecule has 0 aromatic heterocycles. The summed E-state index contributed by atoms with van der Waals surface area (Å²) in [6.45, 7) is 0.375. The molecule has 0 saturated carbocycles. The highest BCUT2D eigenvalue weighted by Gasteiger charge is 2.18. The summed E-state index contributed by atoms with van der Waals surface area (Å²) in [5.41, 5.74) is 6.19. The zero-order valence-electron chi connectivity index (χ0n) is 7.86. The molecule has 0 aliphatic carbocycles. The van der Waals surface area contributed by atoms with E-state index in [4.69, 9.17) is 10.5 Å². The molecule has 0 amide bonds. The van der Waals surface area contributed by atoms with E-state index in [0.717, 1.165) is 5.56 Å². The Morgan fingerprint density at radius 3 is 2.47 bits per heavy atom. The fraction of sp³-hybridized carbons (Fsp3) is 0.300. The summed E-state index contributed by atoms with van der Waals surface area (Å²) in [6, 6.07) is 6.01. The second kappa shape index (κ2) is 3.84. The molecule has 0 spiro atoms. The number of nitrogens with two attached hydrogens (primary N) is 1. The van der Waals surface area contributed by atoms with Gasteiger partial charge in [-0.05, 0) is 5.56 Å². The van der Waals surface area contributed by atoms with Crippen LogP contribution in [0.3, 0.4) is 0 Å². The third-order valence-corrected chi connectivity index (χ3v) is 2.25. The van der Waals surface area contributed by atoms with Gasteiger partial charge in [-0.1, -0.05) is 24.3 Å². The van der Waals surface area contributed by atoms with Crippen LogP contribution in [0, 0.1) is 0 Å². The van der Waals surface area contributed by atoms with Crippen molar-refractivity contribution in [2.75, 3.05) is 6.61 Å². The summed E-state index contributed by atoms with van der Waals surface area (Å²) in [4.78, 5) is 4.02. The second-order valence-electron chi connectivity index (χ2n) is 3.26. The maximum absolute atomic E-state index is 12.3. The molecule has 1 atom stereocenters. The van der Waals surface area contributed by atoms with Gasteiger partial charge in [0.2, 0.25) is 0 Å². The fourth-order valence-corrected chi connectivity index (χ4v) is 1.43. The lowest BCUT2D eigenvalue weighted by molar-refractivity contribution is 0.151. The number of amidine groups is 1. The van der Waals surface area contributed by atoms with E-state index >= 15 is 0 Å². The first-order valence-corrected chi connectivity index (χ1v) is 4.51. The van der Waals surface area contributed by atoms with E-state index < -0.39 is 6.43 Å². The van der Waals surface area contributed by atoms with Crippen molar-refractivity contribution in [3.8, 4) is 0 Å². The number of rotatable bonds is 2. The largest absolute Gasteiger partial charge is 0.463 e. The van der Waals surface area contributed by atoms with Crippen LogP contribution in [0.15, 0.2) is 29.3 Å². The van der Waals surface area contributed by atoms with Gasteiger partial charge in [-0.3, -0.25) is 0 Å². The van der Waals surface area contributed by atoms with E-state index in [-0.39, 0.29) is 17.6 Å². The van der Waals surface area contributed by atoms with Crippen LogP contribution in [-0.2, 0) is 4.74 Å². The molecule has 1 heterocycles. The quantitative estimate of drug-likeness (QED) is 0.815. The SMILES string of the molecule is NC1=NC(c2ccc(C(F)F)cc2)CO1. The maximum Gasteiger partial charge on any atom is 0.282 e. The van der Waals surface area contributed by atoms with E-state index in [0.29, 0.717) is 6.61 Å². The molecule has 2 N–H and O–H groups in total. The molecule has 1 unspecified atom stereocenters. The molecule has 1 aromatic carbocycles. The third-order valence-electron chi connectivity index (χ3n) is 2.25. The number of nitrogens with zero attached hydrogens (tertiary/aromatic N) is 1. The molecular formula is C10H10F2N2O. The highest BCUT2D eigenvalue weighted by Crippen LogP contribution is 2.25. The lowest BCUT2D eigenvalue weighted by atomic mass is 10.1. The second-order valence-corrected chi connectivity index (χ2v) is 3.26. The van der Waals surface area contributed by atoms with Gasteiger partial charge in [0, 0.05) is 5.56 Å². The van der Waals surface area contributed by atoms with Crippen molar-refractivity contribution in [2.45, 2.75) is 12.5 Å². The standard InChI is InChI=1S/C10H10F2N2O/c11-9(12)7-3-1-6(2-4-7)8-5-15-10(13)14-8/h1-4,8-9H,5H2,(H2,13,14). The molecule has 0 fully saturated rings. The molecular weight excluding hydrogens is 202 g/mol. The first-order valence-electron chi connectivity index (χ1n) is 4.51. The van der Waals surface area contributed by atoms with E-state index in [2.05, 4.69) is 4.99 Å². The van der Waals surface area contributed by atoms with Crippen LogP contribution in [0.4, 0.5) is 8.78 Å². The first-order chi connectivity index (χ1) is 7.16. The van der Waals surface area contributed by atoms with Gasteiger partial charge in [0.25, 0.3) is 12.4 Å². The molecule has 0 saturated heterocycles. The van der Waals surface area contributed by atoms with Crippen LogP contribution in [0.25, 0.3) is 0 Å². The van der Waals surface area contributed by atoms with Gasteiger partial charge in [0.05, 0.1) is 0 Å². The molecule has 1 aliphatic rings. The Hall–Kier alpha value is -1.65. The summed E-state index contributed by atoms with van der Waals surface area (Å²) >= 11 is 0. The summed E-state index contributed by atoms with van der Waals surface area (Å²) in [5, 5.41) is 0. The number of hydrogen-bond donors (Lipinski definition) is 1. The summed E-state index contributed by atoms with van der Waals surface area (Å²) < 4.78 is 29.5. The molecule has 3 nitrogen and oxygen atoms in total. The average Bonchev–Trinajstić information content (AvgIpc) is 2.65. The Kier molecular flexibility index (Phi) is 2.53. The van der Waals surface area contributed by atoms with Gasteiger partial charge < -0.3 is 10.5 Å². The van der Waals surface area contributed by atoms with Crippen molar-refractivity contribution in [3.05, 3.63) is 35.4 Å². The molecule has 0 radical (unpaired) electrons. The van der Waals surface area contributed by atoms with Crippen LogP contribution in [0.2, 0.25) is 0 Å². The Bertz CT molecular complexity index is 376. The Morgan fingerprint density at radius 2 is 2.00 bits per heavy atom. The maximum atomic E-state index is 12.3. The molecule has 15 heavy (non-hydrogen) atoms. The predicted molar refractivity (Wildman–Crippen MR) is 51.7 cm³/mol. The lowest BCUT2D eigenvalue weighted by Crippen LogP contribution is -2.10. The van der Waals surface area contributed by atoms with E-state index in [1.54, 1.807) is 12.1 Å². The molecule has 80 valence electrons. The minimum Gasteiger partial charge on any atom is -0.463 e. The number of benzene rings is 1. The first kappa shape index (κ1) is 9.89. The monoisotopic (exact) mass is 212 g/mol. The zero-order chi connectivity index (χ0) is 10.8. The smallest absolute Gasteiger partial charge is 0.282 e. The Labute approximate surface area is 85.6 Å². The third kappa shape index (κ3) is 2.06. The number of ether oxygens (including phenoxy) is 1. The molecule has 5 heteroatoms. The topological polar surface area (TPSA) is 47.6 Å². The van der Waals surface area contributed by atoms with Crippen molar-refractivity contribution < 1.29 is 13.5 Å². The minimum absolute atomic E-state index is 0.00890. The lowest BCUT2D eigenvalue weighted by Gasteiger charge is -2.06. The van der Waals surface area contributed by atoms with E-state index in [9.17, 15) is 8.78 Å². The number of hydrogen-bond acceptors (Lipinski definition) is 3. The van der Waals surface area contributed by atoms with Crippen LogP contribution in [0.1, 0.15) is 23.6 Å². The normalized spacial score (nSPS) is 20.2. The van der Waals surface area contributed by atoms with E-state index in [1.165, 1.54) is 12.1 Å². The highest BCUT2D eigenvalue weighted by atomic mass is 19.3. The Balaban J connectivity index is 2.17.